The molecule has 3 rings (SSSR count). The lowest BCUT2D eigenvalue weighted by Gasteiger charge is -2.29. The lowest BCUT2D eigenvalue weighted by Crippen LogP contribution is -2.39. The molecule has 2 heterocycles. The third kappa shape index (κ3) is 3.07. The molecule has 7 heteroatoms. The molecule has 1 aromatic carbocycles. The lowest BCUT2D eigenvalue weighted by atomic mass is 9.98. The van der Waals surface area contributed by atoms with E-state index in [1.54, 1.807) is 0 Å². The van der Waals surface area contributed by atoms with Gasteiger partial charge >= 0.3 is 0 Å². The number of hydrogen-bond donors (Lipinski definition) is 0. The molecule has 114 valence electrons. The Morgan fingerprint density at radius 3 is 2.67 bits per heavy atom. The maximum absolute atomic E-state index is 12.0. The molecule has 1 aliphatic rings. The van der Waals surface area contributed by atoms with Gasteiger partial charge in [-0.2, -0.15) is 0 Å². The van der Waals surface area contributed by atoms with Crippen LogP contribution in [-0.2, 0) is 10.0 Å². The standard InChI is InChI=1S/C14H17ClN2O3S/c15-7-10-21(18,19)17-8-5-11(6-9-17)14-16-12-3-1-2-4-13(12)20-14/h1-4,11H,5-10H2. The molecule has 0 saturated carbocycles. The average molecular weight is 329 g/mol. The number of rotatable bonds is 4. The van der Waals surface area contributed by atoms with Crippen LogP contribution in [0.5, 0.6) is 0 Å². The van der Waals surface area contributed by atoms with E-state index in [9.17, 15) is 8.42 Å². The molecule has 0 atom stereocenters. The predicted octanol–water partition coefficient (Wildman–Crippen LogP) is 2.58. The number of para-hydroxylation sites is 2. The fourth-order valence-corrected chi connectivity index (χ4v) is 4.48. The maximum atomic E-state index is 12.0. The van der Waals surface area contributed by atoms with Crippen molar-refractivity contribution < 1.29 is 12.8 Å². The largest absolute Gasteiger partial charge is 0.440 e. The Kier molecular flexibility index (Phi) is 4.19. The van der Waals surface area contributed by atoms with E-state index in [0.717, 1.165) is 23.9 Å². The second kappa shape index (κ2) is 5.94. The maximum Gasteiger partial charge on any atom is 0.215 e. The second-order valence-electron chi connectivity index (χ2n) is 5.20. The van der Waals surface area contributed by atoms with Crippen LogP contribution in [0.3, 0.4) is 0 Å². The minimum absolute atomic E-state index is 0.00209. The quantitative estimate of drug-likeness (QED) is 0.809. The van der Waals surface area contributed by atoms with Crippen molar-refractivity contribution in [3.05, 3.63) is 30.2 Å². The Hall–Kier alpha value is -1.11. The number of nitrogens with zero attached hydrogens (tertiary/aromatic N) is 2. The van der Waals surface area contributed by atoms with Crippen molar-refractivity contribution in [2.24, 2.45) is 0 Å². The molecule has 1 fully saturated rings. The number of fused-ring (bicyclic) bond motifs is 1. The minimum atomic E-state index is -3.21. The van der Waals surface area contributed by atoms with Gasteiger partial charge in [0.25, 0.3) is 0 Å². The van der Waals surface area contributed by atoms with E-state index in [1.165, 1.54) is 4.31 Å². The zero-order valence-corrected chi connectivity index (χ0v) is 13.1. The molecule has 5 nitrogen and oxygen atoms in total. The van der Waals surface area contributed by atoms with Gasteiger partial charge in [-0.15, -0.1) is 11.6 Å². The monoisotopic (exact) mass is 328 g/mol. The zero-order valence-electron chi connectivity index (χ0n) is 11.5. The van der Waals surface area contributed by atoms with Gasteiger partial charge in [0.05, 0.1) is 5.75 Å². The first-order valence-corrected chi connectivity index (χ1v) is 9.14. The van der Waals surface area contributed by atoms with Crippen LogP contribution >= 0.6 is 11.6 Å². The van der Waals surface area contributed by atoms with Gasteiger partial charge < -0.3 is 4.42 Å². The lowest BCUT2D eigenvalue weighted by molar-refractivity contribution is 0.294. The van der Waals surface area contributed by atoms with Crippen LogP contribution in [0.2, 0.25) is 0 Å². The Morgan fingerprint density at radius 1 is 1.29 bits per heavy atom. The first kappa shape index (κ1) is 14.8. The average Bonchev–Trinajstić information content (AvgIpc) is 2.91. The first-order chi connectivity index (χ1) is 10.1. The Bertz CT molecular complexity index is 688. The Morgan fingerprint density at radius 2 is 2.00 bits per heavy atom. The molecular weight excluding hydrogens is 312 g/mol. The molecular formula is C14H17ClN2O3S. The molecule has 0 aliphatic carbocycles. The number of aromatic nitrogens is 1. The van der Waals surface area contributed by atoms with Gasteiger partial charge in [0.2, 0.25) is 10.0 Å². The zero-order chi connectivity index (χ0) is 14.9. The summed E-state index contributed by atoms with van der Waals surface area (Å²) in [4.78, 5) is 4.50. The van der Waals surface area contributed by atoms with Gasteiger partial charge in [-0.25, -0.2) is 17.7 Å². The van der Waals surface area contributed by atoms with Crippen LogP contribution in [0.15, 0.2) is 28.7 Å². The highest BCUT2D eigenvalue weighted by Crippen LogP contribution is 2.30. The number of hydrogen-bond acceptors (Lipinski definition) is 4. The highest BCUT2D eigenvalue weighted by Gasteiger charge is 2.30. The molecule has 0 unspecified atom stereocenters. The second-order valence-corrected chi connectivity index (χ2v) is 7.66. The van der Waals surface area contributed by atoms with E-state index >= 15 is 0 Å². The normalized spacial score (nSPS) is 18.3. The van der Waals surface area contributed by atoms with Gasteiger partial charge in [0.1, 0.15) is 5.52 Å². The van der Waals surface area contributed by atoms with Gasteiger partial charge in [0, 0.05) is 24.9 Å². The first-order valence-electron chi connectivity index (χ1n) is 6.99. The van der Waals surface area contributed by atoms with Gasteiger partial charge in [-0.05, 0) is 25.0 Å². The van der Waals surface area contributed by atoms with Gasteiger partial charge in [0.15, 0.2) is 11.5 Å². The molecule has 0 bridgehead atoms. The summed E-state index contributed by atoms with van der Waals surface area (Å²) < 4.78 is 31.2. The number of sulfonamides is 1. The fourth-order valence-electron chi connectivity index (χ4n) is 2.67. The molecule has 1 aliphatic heterocycles. The molecule has 0 spiro atoms. The van der Waals surface area contributed by atoms with Crippen LogP contribution in [0.1, 0.15) is 24.7 Å². The van der Waals surface area contributed by atoms with E-state index in [0.29, 0.717) is 19.0 Å². The molecule has 0 amide bonds. The number of alkyl halides is 1. The summed E-state index contributed by atoms with van der Waals surface area (Å²) in [5, 5.41) is 0. The van der Waals surface area contributed by atoms with Crippen molar-refractivity contribution in [1.29, 1.82) is 0 Å². The number of oxazole rings is 1. The van der Waals surface area contributed by atoms with E-state index in [4.69, 9.17) is 16.0 Å². The van der Waals surface area contributed by atoms with E-state index in [2.05, 4.69) is 4.98 Å². The van der Waals surface area contributed by atoms with Crippen molar-refractivity contribution in [1.82, 2.24) is 9.29 Å². The summed E-state index contributed by atoms with van der Waals surface area (Å²) in [6, 6.07) is 7.66. The van der Waals surface area contributed by atoms with Crippen molar-refractivity contribution in [3.63, 3.8) is 0 Å². The van der Waals surface area contributed by atoms with Gasteiger partial charge in [-0.1, -0.05) is 12.1 Å². The molecule has 1 aromatic heterocycles. The molecule has 21 heavy (non-hydrogen) atoms. The van der Waals surface area contributed by atoms with Crippen molar-refractivity contribution >= 4 is 32.7 Å². The summed E-state index contributed by atoms with van der Waals surface area (Å²) >= 11 is 5.54. The topological polar surface area (TPSA) is 63.4 Å². The van der Waals surface area contributed by atoms with E-state index in [1.807, 2.05) is 24.3 Å². The van der Waals surface area contributed by atoms with Crippen molar-refractivity contribution in [2.75, 3.05) is 24.7 Å². The summed E-state index contributed by atoms with van der Waals surface area (Å²) in [5.74, 6) is 1.03. The summed E-state index contributed by atoms with van der Waals surface area (Å²) in [6.45, 7) is 1.01. The summed E-state index contributed by atoms with van der Waals surface area (Å²) in [7, 11) is -3.21. The minimum Gasteiger partial charge on any atom is -0.440 e. The number of halogens is 1. The third-order valence-corrected chi connectivity index (χ3v) is 6.13. The summed E-state index contributed by atoms with van der Waals surface area (Å²) in [6.07, 6.45) is 1.46. The van der Waals surface area contributed by atoms with Crippen molar-refractivity contribution in [3.8, 4) is 0 Å². The van der Waals surface area contributed by atoms with Crippen molar-refractivity contribution in [2.45, 2.75) is 18.8 Å². The van der Waals surface area contributed by atoms with Crippen LogP contribution in [0, 0.1) is 0 Å². The predicted molar refractivity (Wildman–Crippen MR) is 82.1 cm³/mol. The molecule has 2 aromatic rings. The number of piperidine rings is 1. The third-order valence-electron chi connectivity index (χ3n) is 3.84. The summed E-state index contributed by atoms with van der Waals surface area (Å²) in [5.41, 5.74) is 1.63. The van der Waals surface area contributed by atoms with E-state index < -0.39 is 10.0 Å². The van der Waals surface area contributed by atoms with E-state index in [-0.39, 0.29) is 17.6 Å². The Balaban J connectivity index is 1.71. The number of benzene rings is 1. The van der Waals surface area contributed by atoms with Gasteiger partial charge in [-0.3, -0.25) is 0 Å². The highest BCUT2D eigenvalue weighted by molar-refractivity contribution is 7.89. The SMILES string of the molecule is O=S(=O)(CCCl)N1CCC(c2nc3ccccc3o2)CC1. The smallest absolute Gasteiger partial charge is 0.215 e. The molecule has 0 N–H and O–H groups in total. The van der Waals surface area contributed by atoms with Crippen LogP contribution in [0.25, 0.3) is 11.1 Å². The van der Waals surface area contributed by atoms with Crippen LogP contribution < -0.4 is 0 Å². The molecule has 0 radical (unpaired) electrons. The molecule has 1 saturated heterocycles. The highest BCUT2D eigenvalue weighted by atomic mass is 35.5. The van der Waals surface area contributed by atoms with Crippen LogP contribution in [-0.4, -0.2) is 42.4 Å². The fraction of sp³-hybridized carbons (Fsp3) is 0.500. The van der Waals surface area contributed by atoms with Crippen LogP contribution in [0.4, 0.5) is 0 Å². The Labute approximate surface area is 128 Å².